The number of hydrogen-bond acceptors (Lipinski definition) is 6. The highest BCUT2D eigenvalue weighted by Crippen LogP contribution is 2.37. The second-order valence-corrected chi connectivity index (χ2v) is 11.2. The van der Waals surface area contributed by atoms with Crippen LogP contribution in [0.25, 0.3) is 0 Å². The maximum absolute atomic E-state index is 13.4. The summed E-state index contributed by atoms with van der Waals surface area (Å²) in [5.41, 5.74) is 0.0518. The maximum atomic E-state index is 13.4. The summed E-state index contributed by atoms with van der Waals surface area (Å²) in [6.07, 6.45) is -1.25. The molecule has 7 nitrogen and oxygen atoms in total. The number of aromatic nitrogens is 1. The summed E-state index contributed by atoms with van der Waals surface area (Å²) < 4.78 is 45.7. The first-order chi connectivity index (χ1) is 19.2. The highest BCUT2D eigenvalue weighted by Gasteiger charge is 2.32. The minimum absolute atomic E-state index is 0.0816. The van der Waals surface area contributed by atoms with Gasteiger partial charge in [0.2, 0.25) is 0 Å². The van der Waals surface area contributed by atoms with E-state index in [9.17, 15) is 22.8 Å². The van der Waals surface area contributed by atoms with E-state index in [-0.39, 0.29) is 29.8 Å². The Labute approximate surface area is 238 Å². The van der Waals surface area contributed by atoms with Crippen molar-refractivity contribution >= 4 is 46.1 Å². The quantitative estimate of drug-likeness (QED) is 0.341. The molecule has 0 saturated carbocycles. The number of carbonyl (C=O) groups is 2. The van der Waals surface area contributed by atoms with Crippen molar-refractivity contribution in [1.82, 2.24) is 9.88 Å². The van der Waals surface area contributed by atoms with Gasteiger partial charge in [0.15, 0.2) is 6.61 Å². The predicted octanol–water partition coefficient (Wildman–Crippen LogP) is 6.45. The summed E-state index contributed by atoms with van der Waals surface area (Å²) >= 11 is 7.30. The highest BCUT2D eigenvalue weighted by atomic mass is 35.5. The molecule has 0 bridgehead atoms. The number of likely N-dealkylation sites (tertiary alicyclic amines) is 1. The van der Waals surface area contributed by atoms with E-state index in [4.69, 9.17) is 16.3 Å². The van der Waals surface area contributed by atoms with Crippen molar-refractivity contribution in [3.63, 3.8) is 0 Å². The third kappa shape index (κ3) is 6.69. The van der Waals surface area contributed by atoms with Crippen molar-refractivity contribution in [3.05, 3.63) is 69.1 Å². The minimum atomic E-state index is -4.52. The lowest BCUT2D eigenvalue weighted by atomic mass is 9.97. The smallest absolute Gasteiger partial charge is 0.416 e. The Hall–Kier alpha value is -3.31. The van der Waals surface area contributed by atoms with E-state index in [1.165, 1.54) is 17.4 Å². The molecular formula is C28H28ClF3N4O3S. The molecule has 2 aliphatic heterocycles. The van der Waals surface area contributed by atoms with Crippen LogP contribution in [0.15, 0.2) is 47.8 Å². The Bertz CT molecular complexity index is 1370. The number of anilines is 2. The van der Waals surface area contributed by atoms with Crippen LogP contribution < -0.4 is 15.0 Å². The molecule has 3 aromatic rings. The number of rotatable bonds is 7. The molecule has 2 fully saturated rings. The van der Waals surface area contributed by atoms with Crippen LogP contribution in [-0.4, -0.2) is 54.5 Å². The molecule has 2 saturated heterocycles. The van der Waals surface area contributed by atoms with Crippen LogP contribution in [0.1, 0.15) is 52.7 Å². The first kappa shape index (κ1) is 28.2. The SMILES string of the molecule is O=C(Nc1cc(C(F)(F)F)ccc1N1CCCC1)c1csc(C2CCN(C(=O)COc3cccc(Cl)c3)CC2)n1. The van der Waals surface area contributed by atoms with E-state index in [2.05, 4.69) is 10.3 Å². The van der Waals surface area contributed by atoms with Gasteiger partial charge >= 0.3 is 6.18 Å². The number of hydrogen-bond donors (Lipinski definition) is 1. The van der Waals surface area contributed by atoms with E-state index >= 15 is 0 Å². The van der Waals surface area contributed by atoms with Crippen LogP contribution in [0.4, 0.5) is 24.5 Å². The van der Waals surface area contributed by atoms with Gasteiger partial charge < -0.3 is 19.9 Å². The number of piperidine rings is 1. The molecule has 40 heavy (non-hydrogen) atoms. The number of nitrogens with one attached hydrogen (secondary N) is 1. The van der Waals surface area contributed by atoms with E-state index in [1.54, 1.807) is 34.5 Å². The first-order valence-corrected chi connectivity index (χ1v) is 14.3. The molecule has 0 atom stereocenters. The van der Waals surface area contributed by atoms with E-state index in [0.717, 1.165) is 43.1 Å². The number of halogens is 4. The lowest BCUT2D eigenvalue weighted by Crippen LogP contribution is -2.40. The number of benzene rings is 2. The van der Waals surface area contributed by atoms with Crippen LogP contribution in [0, 0.1) is 0 Å². The average molecular weight is 593 g/mol. The van der Waals surface area contributed by atoms with Gasteiger partial charge in [-0.3, -0.25) is 9.59 Å². The normalized spacial score (nSPS) is 16.3. The topological polar surface area (TPSA) is 74.8 Å². The summed E-state index contributed by atoms with van der Waals surface area (Å²) in [5.74, 6) is -0.0549. The lowest BCUT2D eigenvalue weighted by Gasteiger charge is -2.31. The highest BCUT2D eigenvalue weighted by molar-refractivity contribution is 7.10. The zero-order valence-electron chi connectivity index (χ0n) is 21.5. The van der Waals surface area contributed by atoms with Gasteiger partial charge in [0, 0.05) is 42.5 Å². The Morgan fingerprint density at radius 2 is 1.82 bits per heavy atom. The molecule has 5 rings (SSSR count). The fraction of sp³-hybridized carbons (Fsp3) is 0.393. The maximum Gasteiger partial charge on any atom is 0.416 e. The van der Waals surface area contributed by atoms with Crippen molar-refractivity contribution in [2.24, 2.45) is 0 Å². The Balaban J connectivity index is 1.19. The van der Waals surface area contributed by atoms with E-state index in [0.29, 0.717) is 42.4 Å². The third-order valence-corrected chi connectivity index (χ3v) is 8.37. The minimum Gasteiger partial charge on any atom is -0.484 e. The summed E-state index contributed by atoms with van der Waals surface area (Å²) in [7, 11) is 0. The molecule has 1 aromatic heterocycles. The van der Waals surface area contributed by atoms with Gasteiger partial charge in [0.1, 0.15) is 11.4 Å². The van der Waals surface area contributed by atoms with Gasteiger partial charge in [-0.15, -0.1) is 11.3 Å². The molecular weight excluding hydrogens is 565 g/mol. The second kappa shape index (κ2) is 12.1. The van der Waals surface area contributed by atoms with Crippen molar-refractivity contribution in [1.29, 1.82) is 0 Å². The van der Waals surface area contributed by atoms with Gasteiger partial charge in [-0.1, -0.05) is 17.7 Å². The third-order valence-electron chi connectivity index (χ3n) is 7.13. The zero-order chi connectivity index (χ0) is 28.3. The largest absolute Gasteiger partial charge is 0.484 e. The monoisotopic (exact) mass is 592 g/mol. The second-order valence-electron chi connectivity index (χ2n) is 9.85. The Morgan fingerprint density at radius 3 is 2.52 bits per heavy atom. The molecule has 212 valence electrons. The van der Waals surface area contributed by atoms with Crippen LogP contribution in [0.5, 0.6) is 5.75 Å². The van der Waals surface area contributed by atoms with Gasteiger partial charge in [0.25, 0.3) is 11.8 Å². The Morgan fingerprint density at radius 1 is 1.07 bits per heavy atom. The molecule has 2 aliphatic rings. The van der Waals surface area contributed by atoms with Crippen molar-refractivity contribution in [2.75, 3.05) is 43.0 Å². The van der Waals surface area contributed by atoms with Crippen LogP contribution in [0.3, 0.4) is 0 Å². The summed E-state index contributed by atoms with van der Waals surface area (Å²) in [4.78, 5) is 33.9. The molecule has 0 unspecified atom stereocenters. The van der Waals surface area contributed by atoms with E-state index < -0.39 is 17.6 Å². The molecule has 12 heteroatoms. The fourth-order valence-electron chi connectivity index (χ4n) is 4.98. The summed E-state index contributed by atoms with van der Waals surface area (Å²) in [6.45, 7) is 2.44. The number of carbonyl (C=O) groups excluding carboxylic acids is 2. The number of ether oxygens (including phenoxy) is 1. The number of amides is 2. The predicted molar refractivity (Wildman–Crippen MR) is 148 cm³/mol. The summed E-state index contributed by atoms with van der Waals surface area (Å²) in [5, 5.41) is 5.61. The summed E-state index contributed by atoms with van der Waals surface area (Å²) in [6, 6.07) is 10.3. The lowest BCUT2D eigenvalue weighted by molar-refractivity contribution is -0.137. The molecule has 2 aromatic carbocycles. The molecule has 1 N–H and O–H groups in total. The standard InChI is InChI=1S/C28H28ClF3N4O3S/c29-20-4-3-5-21(15-20)39-16-25(37)36-12-8-18(9-13-36)27-34-23(17-40-27)26(38)33-22-14-19(28(30,31)32)6-7-24(22)35-10-1-2-11-35/h3-7,14-15,17-18H,1-2,8-13,16H2,(H,33,38). The zero-order valence-corrected chi connectivity index (χ0v) is 23.1. The van der Waals surface area contributed by atoms with Crippen molar-refractivity contribution in [2.45, 2.75) is 37.8 Å². The van der Waals surface area contributed by atoms with Crippen LogP contribution in [-0.2, 0) is 11.0 Å². The molecule has 0 radical (unpaired) electrons. The number of alkyl halides is 3. The molecule has 0 aliphatic carbocycles. The Kier molecular flexibility index (Phi) is 8.51. The molecule has 2 amide bonds. The van der Waals surface area contributed by atoms with Crippen LogP contribution >= 0.6 is 22.9 Å². The number of nitrogens with zero attached hydrogens (tertiary/aromatic N) is 3. The average Bonchev–Trinajstić information content (AvgIpc) is 3.65. The van der Waals surface area contributed by atoms with Crippen molar-refractivity contribution in [3.8, 4) is 5.75 Å². The van der Waals surface area contributed by atoms with Crippen molar-refractivity contribution < 1.29 is 27.5 Å². The van der Waals surface area contributed by atoms with E-state index in [1.807, 2.05) is 4.90 Å². The van der Waals surface area contributed by atoms with Gasteiger partial charge in [-0.2, -0.15) is 13.2 Å². The van der Waals surface area contributed by atoms with Gasteiger partial charge in [-0.05, 0) is 62.1 Å². The molecule has 0 spiro atoms. The fourth-order valence-corrected chi connectivity index (χ4v) is 6.13. The number of thiazole rings is 1. The van der Waals surface area contributed by atoms with Crippen LogP contribution in [0.2, 0.25) is 5.02 Å². The first-order valence-electron chi connectivity index (χ1n) is 13.1. The van der Waals surface area contributed by atoms with Gasteiger partial charge in [0.05, 0.1) is 21.9 Å². The van der Waals surface area contributed by atoms with Gasteiger partial charge in [-0.25, -0.2) is 4.98 Å². The molecule has 3 heterocycles.